The van der Waals surface area contributed by atoms with Gasteiger partial charge in [-0.15, -0.1) is 0 Å². The Hall–Kier alpha value is -2.41. The molecule has 2 aromatic carbocycles. The maximum Gasteiger partial charge on any atom is 0.416 e. The Morgan fingerprint density at radius 3 is 2.42 bits per heavy atom. The van der Waals surface area contributed by atoms with Crippen LogP contribution in [0.25, 0.3) is 0 Å². The molecule has 0 saturated carbocycles. The van der Waals surface area contributed by atoms with E-state index in [9.17, 15) is 18.3 Å². The lowest BCUT2D eigenvalue weighted by Crippen LogP contribution is -2.46. The quantitative estimate of drug-likeness (QED) is 0.894. The third kappa shape index (κ3) is 4.22. The van der Waals surface area contributed by atoms with Crippen molar-refractivity contribution < 1.29 is 23.0 Å². The van der Waals surface area contributed by atoms with Gasteiger partial charge in [0.2, 0.25) is 0 Å². The van der Waals surface area contributed by atoms with E-state index in [0.29, 0.717) is 31.1 Å². The first-order chi connectivity index (χ1) is 12.4. The van der Waals surface area contributed by atoms with Gasteiger partial charge in [0.1, 0.15) is 0 Å². The summed E-state index contributed by atoms with van der Waals surface area (Å²) >= 11 is 0. The number of methoxy groups -OCH3 is 1. The number of nitrogens with zero attached hydrogens (tertiary/aromatic N) is 2. The first kappa shape index (κ1) is 18.4. The molecule has 26 heavy (non-hydrogen) atoms. The van der Waals surface area contributed by atoms with Crippen molar-refractivity contribution in [3.63, 3.8) is 0 Å². The molecule has 1 saturated heterocycles. The van der Waals surface area contributed by atoms with Gasteiger partial charge >= 0.3 is 6.18 Å². The molecule has 140 valence electrons. The largest absolute Gasteiger partial charge is 0.504 e. The molecule has 0 unspecified atom stereocenters. The second kappa shape index (κ2) is 7.45. The van der Waals surface area contributed by atoms with E-state index in [4.69, 9.17) is 4.74 Å². The van der Waals surface area contributed by atoms with Crippen LogP contribution >= 0.6 is 0 Å². The molecule has 0 radical (unpaired) electrons. The SMILES string of the molecule is COc1cc(CN2CCN(c3cccc(C(F)(F)F)c3)CC2)ccc1O. The lowest BCUT2D eigenvalue weighted by Gasteiger charge is -2.36. The van der Waals surface area contributed by atoms with Crippen LogP contribution in [0.5, 0.6) is 11.5 Å². The van der Waals surface area contributed by atoms with Crippen molar-refractivity contribution in [3.8, 4) is 11.5 Å². The van der Waals surface area contributed by atoms with Crippen LogP contribution in [0.15, 0.2) is 42.5 Å². The van der Waals surface area contributed by atoms with Crippen molar-refractivity contribution in [2.24, 2.45) is 0 Å². The number of phenolic OH excluding ortho intramolecular Hbond substituents is 1. The van der Waals surface area contributed by atoms with E-state index in [1.807, 2.05) is 11.0 Å². The van der Waals surface area contributed by atoms with Crippen LogP contribution < -0.4 is 9.64 Å². The minimum Gasteiger partial charge on any atom is -0.504 e. The molecular weight excluding hydrogens is 345 g/mol. The summed E-state index contributed by atoms with van der Waals surface area (Å²) in [6.45, 7) is 3.53. The number of piperazine rings is 1. The van der Waals surface area contributed by atoms with Gasteiger partial charge < -0.3 is 14.7 Å². The molecule has 0 aromatic heterocycles. The summed E-state index contributed by atoms with van der Waals surface area (Å²) in [4.78, 5) is 4.21. The van der Waals surface area contributed by atoms with Gasteiger partial charge in [-0.1, -0.05) is 12.1 Å². The number of ether oxygens (including phenoxy) is 1. The smallest absolute Gasteiger partial charge is 0.416 e. The second-order valence-corrected chi connectivity index (χ2v) is 6.32. The van der Waals surface area contributed by atoms with Crippen molar-refractivity contribution in [3.05, 3.63) is 53.6 Å². The molecule has 7 heteroatoms. The molecule has 1 aliphatic rings. The zero-order valence-electron chi connectivity index (χ0n) is 14.5. The number of anilines is 1. The highest BCUT2D eigenvalue weighted by molar-refractivity contribution is 5.49. The maximum atomic E-state index is 12.9. The molecule has 1 heterocycles. The van der Waals surface area contributed by atoms with Crippen molar-refractivity contribution in [1.82, 2.24) is 4.90 Å². The average molecular weight is 366 g/mol. The molecule has 1 aliphatic heterocycles. The Morgan fingerprint density at radius 2 is 1.77 bits per heavy atom. The number of aromatic hydroxyl groups is 1. The number of alkyl halides is 3. The van der Waals surface area contributed by atoms with Gasteiger partial charge in [0.25, 0.3) is 0 Å². The minimum absolute atomic E-state index is 0.102. The van der Waals surface area contributed by atoms with Gasteiger partial charge in [0.15, 0.2) is 11.5 Å². The lowest BCUT2D eigenvalue weighted by molar-refractivity contribution is -0.137. The van der Waals surface area contributed by atoms with Gasteiger partial charge in [-0.3, -0.25) is 4.90 Å². The van der Waals surface area contributed by atoms with Crippen LogP contribution in [0.3, 0.4) is 0 Å². The highest BCUT2D eigenvalue weighted by atomic mass is 19.4. The lowest BCUT2D eigenvalue weighted by atomic mass is 10.1. The van der Waals surface area contributed by atoms with Crippen LogP contribution in [0.2, 0.25) is 0 Å². The molecule has 1 fully saturated rings. The zero-order chi connectivity index (χ0) is 18.7. The third-order valence-electron chi connectivity index (χ3n) is 4.56. The second-order valence-electron chi connectivity index (χ2n) is 6.32. The van der Waals surface area contributed by atoms with Gasteiger partial charge in [-0.25, -0.2) is 0 Å². The highest BCUT2D eigenvalue weighted by Crippen LogP contribution is 2.32. The Morgan fingerprint density at radius 1 is 1.04 bits per heavy atom. The van der Waals surface area contributed by atoms with E-state index >= 15 is 0 Å². The van der Waals surface area contributed by atoms with Crippen LogP contribution in [0.4, 0.5) is 18.9 Å². The van der Waals surface area contributed by atoms with Crippen LogP contribution in [-0.4, -0.2) is 43.3 Å². The Bertz CT molecular complexity index is 757. The van der Waals surface area contributed by atoms with E-state index in [1.54, 1.807) is 18.2 Å². The van der Waals surface area contributed by atoms with Crippen LogP contribution in [-0.2, 0) is 12.7 Å². The van der Waals surface area contributed by atoms with Gasteiger partial charge in [-0.2, -0.15) is 13.2 Å². The zero-order valence-corrected chi connectivity index (χ0v) is 14.5. The third-order valence-corrected chi connectivity index (χ3v) is 4.56. The van der Waals surface area contributed by atoms with E-state index in [0.717, 1.165) is 24.7 Å². The molecule has 4 nitrogen and oxygen atoms in total. The average Bonchev–Trinajstić information content (AvgIpc) is 2.63. The van der Waals surface area contributed by atoms with E-state index in [-0.39, 0.29) is 5.75 Å². The molecular formula is C19H21F3N2O2. The summed E-state index contributed by atoms with van der Waals surface area (Å²) in [6, 6.07) is 10.7. The first-order valence-electron chi connectivity index (χ1n) is 8.37. The Kier molecular flexibility index (Phi) is 5.27. The van der Waals surface area contributed by atoms with Gasteiger partial charge in [0, 0.05) is 38.4 Å². The summed E-state index contributed by atoms with van der Waals surface area (Å²) < 4.78 is 43.7. The fraction of sp³-hybridized carbons (Fsp3) is 0.368. The number of phenols is 1. The fourth-order valence-corrected chi connectivity index (χ4v) is 3.12. The molecule has 0 bridgehead atoms. The van der Waals surface area contributed by atoms with Crippen LogP contribution in [0.1, 0.15) is 11.1 Å². The number of hydrogen-bond donors (Lipinski definition) is 1. The van der Waals surface area contributed by atoms with Crippen molar-refractivity contribution in [2.45, 2.75) is 12.7 Å². The molecule has 0 amide bonds. The summed E-state index contributed by atoms with van der Waals surface area (Å²) in [5.74, 6) is 0.538. The van der Waals surface area contributed by atoms with E-state index < -0.39 is 11.7 Å². The van der Waals surface area contributed by atoms with Crippen molar-refractivity contribution >= 4 is 5.69 Å². The Balaban J connectivity index is 1.61. The topological polar surface area (TPSA) is 35.9 Å². The monoisotopic (exact) mass is 366 g/mol. The maximum absolute atomic E-state index is 12.9. The first-order valence-corrected chi connectivity index (χ1v) is 8.37. The summed E-state index contributed by atoms with van der Waals surface area (Å²) in [6.07, 6.45) is -4.32. The predicted octanol–water partition coefficient (Wildman–Crippen LogP) is 3.74. The molecule has 2 aromatic rings. The number of halogens is 3. The molecule has 3 rings (SSSR count). The molecule has 1 N–H and O–H groups in total. The number of benzene rings is 2. The fourth-order valence-electron chi connectivity index (χ4n) is 3.12. The summed E-state index contributed by atoms with van der Waals surface area (Å²) in [7, 11) is 1.51. The Labute approximate surface area is 150 Å². The normalized spacial score (nSPS) is 15.9. The predicted molar refractivity (Wildman–Crippen MR) is 93.6 cm³/mol. The molecule has 0 aliphatic carbocycles. The van der Waals surface area contributed by atoms with Gasteiger partial charge in [-0.05, 0) is 35.9 Å². The molecule has 0 atom stereocenters. The van der Waals surface area contributed by atoms with Crippen molar-refractivity contribution in [2.75, 3.05) is 38.2 Å². The summed E-state index contributed by atoms with van der Waals surface area (Å²) in [5, 5.41) is 9.66. The number of rotatable bonds is 4. The highest BCUT2D eigenvalue weighted by Gasteiger charge is 2.31. The standard InChI is InChI=1S/C19H21F3N2O2/c1-26-18-11-14(5-6-17(18)25)13-23-7-9-24(10-8-23)16-4-2-3-15(12-16)19(20,21)22/h2-6,11-12,25H,7-10,13H2,1H3. The van der Waals surface area contributed by atoms with E-state index in [1.165, 1.54) is 19.2 Å². The minimum atomic E-state index is -4.32. The molecule has 0 spiro atoms. The van der Waals surface area contributed by atoms with E-state index in [2.05, 4.69) is 4.90 Å². The van der Waals surface area contributed by atoms with Crippen LogP contribution in [0, 0.1) is 0 Å². The van der Waals surface area contributed by atoms with Crippen molar-refractivity contribution in [1.29, 1.82) is 0 Å². The number of hydrogen-bond acceptors (Lipinski definition) is 4. The van der Waals surface area contributed by atoms with Gasteiger partial charge in [0.05, 0.1) is 12.7 Å². The summed E-state index contributed by atoms with van der Waals surface area (Å²) in [5.41, 5.74) is 1.01.